The van der Waals surface area contributed by atoms with Crippen LogP contribution in [0.1, 0.15) is 38.5 Å². The standard InChI is InChI=1S/C14H32N6O2/c15-9-11(17)5-7-19-13(21)3-1-2-4-14(22)20-8-6-12(18)10-16/h11-12H,1-10,15-18H2,(H,19,21)(H,20,22). The van der Waals surface area contributed by atoms with Gasteiger partial charge in [0.05, 0.1) is 0 Å². The molecule has 130 valence electrons. The first-order chi connectivity index (χ1) is 10.5. The van der Waals surface area contributed by atoms with Crippen LogP contribution in [0, 0.1) is 0 Å². The molecule has 0 radical (unpaired) electrons. The molecular formula is C14H32N6O2. The van der Waals surface area contributed by atoms with E-state index >= 15 is 0 Å². The van der Waals surface area contributed by atoms with Gasteiger partial charge in [0, 0.05) is 51.1 Å². The smallest absolute Gasteiger partial charge is 0.219 e. The molecule has 0 spiro atoms. The van der Waals surface area contributed by atoms with Crippen molar-refractivity contribution in [3.05, 3.63) is 0 Å². The number of carbonyl (C=O) groups is 2. The molecule has 8 nitrogen and oxygen atoms in total. The largest absolute Gasteiger partial charge is 0.356 e. The highest BCUT2D eigenvalue weighted by atomic mass is 16.2. The SMILES string of the molecule is NCC(N)CCNC(=O)CCCCC(=O)NCCC(N)CN. The number of nitrogens with two attached hydrogens (primary N) is 4. The average molecular weight is 316 g/mol. The van der Waals surface area contributed by atoms with Gasteiger partial charge in [0.15, 0.2) is 0 Å². The van der Waals surface area contributed by atoms with Crippen LogP contribution in [0.5, 0.6) is 0 Å². The molecular weight excluding hydrogens is 284 g/mol. The van der Waals surface area contributed by atoms with Crippen LogP contribution in [0.2, 0.25) is 0 Å². The summed E-state index contributed by atoms with van der Waals surface area (Å²) >= 11 is 0. The van der Waals surface area contributed by atoms with Crippen LogP contribution in [-0.2, 0) is 9.59 Å². The second-order valence-corrected chi connectivity index (χ2v) is 5.48. The van der Waals surface area contributed by atoms with Gasteiger partial charge in [0.1, 0.15) is 0 Å². The molecule has 0 aromatic carbocycles. The number of hydrogen-bond acceptors (Lipinski definition) is 6. The molecule has 0 rings (SSSR count). The summed E-state index contributed by atoms with van der Waals surface area (Å²) in [4.78, 5) is 23.1. The molecule has 8 heteroatoms. The van der Waals surface area contributed by atoms with E-state index in [1.54, 1.807) is 0 Å². The molecule has 0 fully saturated rings. The maximum absolute atomic E-state index is 11.5. The lowest BCUT2D eigenvalue weighted by Crippen LogP contribution is -2.35. The zero-order valence-corrected chi connectivity index (χ0v) is 13.4. The quantitative estimate of drug-likeness (QED) is 0.218. The molecule has 0 saturated heterocycles. The molecule has 22 heavy (non-hydrogen) atoms. The molecule has 0 aliphatic heterocycles. The molecule has 0 aliphatic carbocycles. The summed E-state index contributed by atoms with van der Waals surface area (Å²) in [6.45, 7) is 1.92. The van der Waals surface area contributed by atoms with E-state index in [-0.39, 0.29) is 23.9 Å². The number of nitrogens with one attached hydrogen (secondary N) is 2. The second-order valence-electron chi connectivity index (χ2n) is 5.48. The van der Waals surface area contributed by atoms with Gasteiger partial charge >= 0.3 is 0 Å². The lowest BCUT2D eigenvalue weighted by atomic mass is 10.1. The summed E-state index contributed by atoms with van der Waals surface area (Å²) in [6.07, 6.45) is 3.56. The molecule has 2 unspecified atom stereocenters. The van der Waals surface area contributed by atoms with Gasteiger partial charge in [-0.05, 0) is 25.7 Å². The summed E-state index contributed by atoms with van der Waals surface area (Å²) in [6, 6.07) is -0.146. The monoisotopic (exact) mass is 316 g/mol. The number of carbonyl (C=O) groups excluding carboxylic acids is 2. The highest BCUT2D eigenvalue weighted by Gasteiger charge is 2.06. The van der Waals surface area contributed by atoms with Gasteiger partial charge in [-0.1, -0.05) is 0 Å². The predicted octanol–water partition coefficient (Wildman–Crippen LogP) is -1.87. The minimum atomic E-state index is -0.0728. The van der Waals surface area contributed by atoms with Crippen molar-refractivity contribution in [2.75, 3.05) is 26.2 Å². The fraction of sp³-hybridized carbons (Fsp3) is 0.857. The number of unbranched alkanes of at least 4 members (excludes halogenated alkanes) is 1. The van der Waals surface area contributed by atoms with Gasteiger partial charge in [0.25, 0.3) is 0 Å². The molecule has 0 aliphatic rings. The zero-order valence-electron chi connectivity index (χ0n) is 13.4. The second kappa shape index (κ2) is 13.4. The van der Waals surface area contributed by atoms with Crippen molar-refractivity contribution in [1.29, 1.82) is 0 Å². The molecule has 0 bridgehead atoms. The van der Waals surface area contributed by atoms with E-state index in [2.05, 4.69) is 10.6 Å². The van der Waals surface area contributed by atoms with Gasteiger partial charge in [-0.25, -0.2) is 0 Å². The first kappa shape index (κ1) is 20.8. The number of amides is 2. The Bertz CT molecular complexity index is 284. The summed E-state index contributed by atoms with van der Waals surface area (Å²) < 4.78 is 0. The molecule has 2 amide bonds. The Morgan fingerprint density at radius 1 is 0.773 bits per heavy atom. The third kappa shape index (κ3) is 12.5. The first-order valence-electron chi connectivity index (χ1n) is 7.94. The summed E-state index contributed by atoms with van der Waals surface area (Å²) in [5.74, 6) is -0.0305. The fourth-order valence-corrected chi connectivity index (χ4v) is 1.78. The van der Waals surface area contributed by atoms with Crippen molar-refractivity contribution in [3.63, 3.8) is 0 Å². The van der Waals surface area contributed by atoms with E-state index < -0.39 is 0 Å². The average Bonchev–Trinajstić information content (AvgIpc) is 2.51. The van der Waals surface area contributed by atoms with Crippen LogP contribution >= 0.6 is 0 Å². The Labute approximate surface area is 132 Å². The predicted molar refractivity (Wildman–Crippen MR) is 87.8 cm³/mol. The Hall–Kier alpha value is -1.22. The zero-order chi connectivity index (χ0) is 16.8. The molecule has 0 saturated carbocycles. The summed E-state index contributed by atoms with van der Waals surface area (Å²) in [7, 11) is 0. The Morgan fingerprint density at radius 3 is 1.45 bits per heavy atom. The maximum Gasteiger partial charge on any atom is 0.219 e. The first-order valence-corrected chi connectivity index (χ1v) is 7.94. The normalized spacial score (nSPS) is 13.5. The highest BCUT2D eigenvalue weighted by molar-refractivity contribution is 5.77. The topological polar surface area (TPSA) is 162 Å². The molecule has 10 N–H and O–H groups in total. The van der Waals surface area contributed by atoms with Gasteiger partial charge < -0.3 is 33.6 Å². The Morgan fingerprint density at radius 2 is 1.14 bits per heavy atom. The van der Waals surface area contributed by atoms with Crippen molar-refractivity contribution in [3.8, 4) is 0 Å². The third-order valence-electron chi connectivity index (χ3n) is 3.34. The van der Waals surface area contributed by atoms with E-state index in [9.17, 15) is 9.59 Å². The van der Waals surface area contributed by atoms with Crippen LogP contribution in [0.4, 0.5) is 0 Å². The van der Waals surface area contributed by atoms with Gasteiger partial charge in [-0.2, -0.15) is 0 Å². The van der Waals surface area contributed by atoms with E-state index in [1.165, 1.54) is 0 Å². The fourth-order valence-electron chi connectivity index (χ4n) is 1.78. The van der Waals surface area contributed by atoms with Gasteiger partial charge in [0.2, 0.25) is 11.8 Å². The summed E-state index contributed by atoms with van der Waals surface area (Å²) in [5.41, 5.74) is 22.1. The lowest BCUT2D eigenvalue weighted by molar-refractivity contribution is -0.123. The third-order valence-corrected chi connectivity index (χ3v) is 3.34. The number of rotatable bonds is 13. The maximum atomic E-state index is 11.5. The van der Waals surface area contributed by atoms with E-state index in [0.29, 0.717) is 64.7 Å². The molecule has 0 heterocycles. The molecule has 0 aromatic heterocycles. The highest BCUT2D eigenvalue weighted by Crippen LogP contribution is 2.00. The molecule has 0 aromatic rings. The van der Waals surface area contributed by atoms with Crippen molar-refractivity contribution >= 4 is 11.8 Å². The van der Waals surface area contributed by atoms with Crippen molar-refractivity contribution in [2.24, 2.45) is 22.9 Å². The number of hydrogen-bond donors (Lipinski definition) is 6. The van der Waals surface area contributed by atoms with Crippen molar-refractivity contribution in [1.82, 2.24) is 10.6 Å². The van der Waals surface area contributed by atoms with Crippen molar-refractivity contribution < 1.29 is 9.59 Å². The summed E-state index contributed by atoms with van der Waals surface area (Å²) in [5, 5.41) is 5.58. The Kier molecular flexibility index (Phi) is 12.7. The van der Waals surface area contributed by atoms with Crippen LogP contribution in [0.25, 0.3) is 0 Å². The van der Waals surface area contributed by atoms with Gasteiger partial charge in [-0.15, -0.1) is 0 Å². The van der Waals surface area contributed by atoms with Gasteiger partial charge in [-0.3, -0.25) is 9.59 Å². The minimum Gasteiger partial charge on any atom is -0.356 e. The lowest BCUT2D eigenvalue weighted by Gasteiger charge is -2.10. The van der Waals surface area contributed by atoms with Crippen LogP contribution in [0.15, 0.2) is 0 Å². The van der Waals surface area contributed by atoms with Crippen LogP contribution in [0.3, 0.4) is 0 Å². The van der Waals surface area contributed by atoms with E-state index in [4.69, 9.17) is 22.9 Å². The minimum absolute atomic E-state index is 0.0152. The van der Waals surface area contributed by atoms with E-state index in [0.717, 1.165) is 0 Å². The molecule has 2 atom stereocenters. The van der Waals surface area contributed by atoms with Crippen molar-refractivity contribution in [2.45, 2.75) is 50.6 Å². The van der Waals surface area contributed by atoms with Crippen LogP contribution < -0.4 is 33.6 Å². The van der Waals surface area contributed by atoms with E-state index in [1.807, 2.05) is 0 Å². The van der Waals surface area contributed by atoms with Crippen LogP contribution in [-0.4, -0.2) is 50.1 Å². The Balaban J connectivity index is 3.47.